The van der Waals surface area contributed by atoms with E-state index in [1.54, 1.807) is 11.8 Å². The third kappa shape index (κ3) is 3.80. The van der Waals surface area contributed by atoms with Gasteiger partial charge in [0, 0.05) is 29.7 Å². The monoisotopic (exact) mass is 365 g/mol. The maximum absolute atomic E-state index is 5.36. The van der Waals surface area contributed by atoms with Gasteiger partial charge in [-0.3, -0.25) is 4.90 Å². The number of fused-ring (bicyclic) bond motifs is 3. The smallest absolute Gasteiger partial charge is 0.211 e. The molecule has 0 bridgehead atoms. The quantitative estimate of drug-likeness (QED) is 0.554. The van der Waals surface area contributed by atoms with Crippen molar-refractivity contribution in [3.8, 4) is 0 Å². The molecule has 1 saturated heterocycles. The normalized spacial score (nSPS) is 15.7. The first kappa shape index (κ1) is 17.4. The van der Waals surface area contributed by atoms with Gasteiger partial charge in [-0.05, 0) is 19.0 Å². The van der Waals surface area contributed by atoms with Crippen molar-refractivity contribution in [2.24, 2.45) is 0 Å². The van der Waals surface area contributed by atoms with Gasteiger partial charge in [-0.2, -0.15) is 0 Å². The van der Waals surface area contributed by atoms with Gasteiger partial charge in [-0.15, -0.1) is 22.6 Å². The Bertz CT molecular complexity index is 805. The molecule has 24 heavy (non-hydrogen) atoms. The first-order valence-electron chi connectivity index (χ1n) is 7.94. The minimum Gasteiger partial charge on any atom is -0.379 e. The van der Waals surface area contributed by atoms with E-state index >= 15 is 0 Å². The topological polar surface area (TPSA) is 66.9 Å². The van der Waals surface area contributed by atoms with Crippen molar-refractivity contribution in [1.82, 2.24) is 25.1 Å². The predicted octanol–water partition coefficient (Wildman–Crippen LogP) is 2.74. The molecule has 2 aromatic heterocycles. The van der Waals surface area contributed by atoms with Crippen molar-refractivity contribution in [1.29, 1.82) is 0 Å². The van der Waals surface area contributed by atoms with Gasteiger partial charge in [0.05, 0.1) is 13.2 Å². The van der Waals surface area contributed by atoms with Crippen LogP contribution in [-0.2, 0) is 4.74 Å². The molecule has 1 N–H and O–H groups in total. The van der Waals surface area contributed by atoms with Gasteiger partial charge in [-0.1, -0.05) is 30.0 Å². The molecule has 0 spiro atoms. The molecule has 8 heteroatoms. The van der Waals surface area contributed by atoms with Crippen LogP contribution in [0.1, 0.15) is 6.42 Å². The second-order valence-electron chi connectivity index (χ2n) is 5.62. The fourth-order valence-corrected chi connectivity index (χ4v) is 3.55. The van der Waals surface area contributed by atoms with Crippen LogP contribution in [0.2, 0.25) is 0 Å². The minimum absolute atomic E-state index is 0. The zero-order valence-corrected chi connectivity index (χ0v) is 14.9. The summed E-state index contributed by atoms with van der Waals surface area (Å²) in [6.45, 7) is 4.92. The van der Waals surface area contributed by atoms with E-state index in [2.05, 4.69) is 25.1 Å². The number of para-hydroxylation sites is 1. The molecule has 0 amide bonds. The summed E-state index contributed by atoms with van der Waals surface area (Å²) < 4.78 is 5.36. The summed E-state index contributed by atoms with van der Waals surface area (Å²) in [5.74, 6) is 1.00. The lowest BCUT2D eigenvalue weighted by Crippen LogP contribution is -2.36. The average Bonchev–Trinajstić information content (AvgIpc) is 2.97. The Morgan fingerprint density at radius 3 is 2.88 bits per heavy atom. The second-order valence-corrected chi connectivity index (χ2v) is 6.68. The minimum atomic E-state index is 0. The van der Waals surface area contributed by atoms with Crippen molar-refractivity contribution in [2.45, 2.75) is 11.6 Å². The predicted molar refractivity (Wildman–Crippen MR) is 99.0 cm³/mol. The summed E-state index contributed by atoms with van der Waals surface area (Å²) in [4.78, 5) is 10.4. The number of nitrogens with one attached hydrogen (secondary N) is 1. The van der Waals surface area contributed by atoms with Gasteiger partial charge in [0.2, 0.25) is 5.16 Å². The van der Waals surface area contributed by atoms with Crippen LogP contribution in [-0.4, -0.2) is 63.7 Å². The lowest BCUT2D eigenvalue weighted by atomic mass is 10.2. The number of benzene rings is 1. The lowest BCUT2D eigenvalue weighted by Gasteiger charge is -2.26. The average molecular weight is 366 g/mol. The van der Waals surface area contributed by atoms with Crippen molar-refractivity contribution in [3.05, 3.63) is 24.3 Å². The van der Waals surface area contributed by atoms with Crippen LogP contribution in [0.4, 0.5) is 0 Å². The molecule has 1 aromatic carbocycles. The lowest BCUT2D eigenvalue weighted by molar-refractivity contribution is 0.0381. The van der Waals surface area contributed by atoms with E-state index in [0.29, 0.717) is 0 Å². The Morgan fingerprint density at radius 2 is 2.00 bits per heavy atom. The number of thioether (sulfide) groups is 1. The number of morpholine rings is 1. The van der Waals surface area contributed by atoms with E-state index < -0.39 is 0 Å². The highest BCUT2D eigenvalue weighted by atomic mass is 35.5. The van der Waals surface area contributed by atoms with Crippen LogP contribution >= 0.6 is 24.2 Å². The summed E-state index contributed by atoms with van der Waals surface area (Å²) in [5, 5.41) is 10.4. The third-order valence-corrected chi connectivity index (χ3v) is 4.98. The van der Waals surface area contributed by atoms with Gasteiger partial charge in [-0.25, -0.2) is 4.98 Å². The van der Waals surface area contributed by atoms with E-state index in [4.69, 9.17) is 4.74 Å². The number of H-pyrrole nitrogens is 1. The van der Waals surface area contributed by atoms with E-state index in [0.717, 1.165) is 72.2 Å². The fourth-order valence-electron chi connectivity index (χ4n) is 2.84. The zero-order valence-electron chi connectivity index (χ0n) is 13.3. The molecule has 0 aliphatic carbocycles. The molecule has 0 saturated carbocycles. The first-order valence-corrected chi connectivity index (χ1v) is 8.93. The maximum Gasteiger partial charge on any atom is 0.211 e. The van der Waals surface area contributed by atoms with E-state index in [9.17, 15) is 0 Å². The Morgan fingerprint density at radius 1 is 1.17 bits per heavy atom. The zero-order chi connectivity index (χ0) is 15.5. The summed E-state index contributed by atoms with van der Waals surface area (Å²) in [7, 11) is 0. The Kier molecular flexibility index (Phi) is 5.89. The molecule has 0 radical (unpaired) electrons. The van der Waals surface area contributed by atoms with Gasteiger partial charge in [0.25, 0.3) is 0 Å². The highest BCUT2D eigenvalue weighted by Crippen LogP contribution is 2.23. The number of ether oxygens (including phenoxy) is 1. The molecule has 3 aromatic rings. The Balaban J connectivity index is 0.00000169. The van der Waals surface area contributed by atoms with Crippen molar-refractivity contribution in [3.63, 3.8) is 0 Å². The molecule has 0 unspecified atom stereocenters. The Hall–Kier alpha value is -1.41. The molecular formula is C16H20ClN5OS. The van der Waals surface area contributed by atoms with Crippen LogP contribution in [0.3, 0.4) is 0 Å². The number of aromatic amines is 1. The van der Waals surface area contributed by atoms with Crippen molar-refractivity contribution in [2.75, 3.05) is 38.6 Å². The number of hydrogen-bond donors (Lipinski definition) is 1. The molecule has 6 nitrogen and oxygen atoms in total. The molecule has 1 aliphatic rings. The molecule has 1 aliphatic heterocycles. The van der Waals surface area contributed by atoms with Crippen LogP contribution in [0.5, 0.6) is 0 Å². The summed E-state index contributed by atoms with van der Waals surface area (Å²) in [6.07, 6.45) is 1.12. The summed E-state index contributed by atoms with van der Waals surface area (Å²) in [5.41, 5.74) is 2.72. The van der Waals surface area contributed by atoms with Crippen molar-refractivity contribution >= 4 is 46.2 Å². The van der Waals surface area contributed by atoms with Crippen molar-refractivity contribution < 1.29 is 4.74 Å². The summed E-state index contributed by atoms with van der Waals surface area (Å²) in [6, 6.07) is 8.09. The number of rotatable bonds is 5. The largest absolute Gasteiger partial charge is 0.379 e. The highest BCUT2D eigenvalue weighted by molar-refractivity contribution is 7.99. The Labute approximate surface area is 150 Å². The van der Waals surface area contributed by atoms with E-state index in [-0.39, 0.29) is 12.4 Å². The molecule has 1 fully saturated rings. The highest BCUT2D eigenvalue weighted by Gasteiger charge is 2.11. The first-order chi connectivity index (χ1) is 11.4. The van der Waals surface area contributed by atoms with E-state index in [1.807, 2.05) is 24.3 Å². The van der Waals surface area contributed by atoms with Gasteiger partial charge < -0.3 is 9.72 Å². The van der Waals surface area contributed by atoms with Crippen LogP contribution in [0.25, 0.3) is 22.1 Å². The molecule has 3 heterocycles. The van der Waals surface area contributed by atoms with Gasteiger partial charge in [0.15, 0.2) is 5.65 Å². The molecule has 0 atom stereocenters. The van der Waals surface area contributed by atoms with Crippen LogP contribution in [0.15, 0.2) is 29.4 Å². The standard InChI is InChI=1S/C16H19N5OS.ClH/c1-2-5-13-12(4-1)14-15(17-13)18-16(20-19-14)23-11-3-6-21-7-9-22-10-8-21;/h1-2,4-5H,3,6-11H2,(H,17,18,20);1H. The summed E-state index contributed by atoms with van der Waals surface area (Å²) >= 11 is 1.67. The number of halogens is 1. The second kappa shape index (κ2) is 8.11. The fraction of sp³-hybridized carbons (Fsp3) is 0.438. The third-order valence-electron chi connectivity index (χ3n) is 4.06. The van der Waals surface area contributed by atoms with Gasteiger partial charge >= 0.3 is 0 Å². The molecular weight excluding hydrogens is 346 g/mol. The number of aromatic nitrogens is 4. The molecule has 4 rings (SSSR count). The van der Waals surface area contributed by atoms with Gasteiger partial charge in [0.1, 0.15) is 5.52 Å². The van der Waals surface area contributed by atoms with Crippen LogP contribution in [0, 0.1) is 0 Å². The SMILES string of the molecule is Cl.c1ccc2c(c1)[nH]c1nc(SCCCN3CCOCC3)nnc12. The molecule has 128 valence electrons. The van der Waals surface area contributed by atoms with E-state index in [1.165, 1.54) is 0 Å². The maximum atomic E-state index is 5.36. The number of hydrogen-bond acceptors (Lipinski definition) is 6. The number of nitrogens with zero attached hydrogens (tertiary/aromatic N) is 4. The van der Waals surface area contributed by atoms with Crippen LogP contribution < -0.4 is 0 Å².